The summed E-state index contributed by atoms with van der Waals surface area (Å²) in [5.74, 6) is 0.0550. The number of furan rings is 1. The van der Waals surface area contributed by atoms with Gasteiger partial charge in [-0.15, -0.1) is 0 Å². The van der Waals surface area contributed by atoms with E-state index in [2.05, 4.69) is 15.8 Å². The van der Waals surface area contributed by atoms with Gasteiger partial charge in [0.25, 0.3) is 5.56 Å². The number of nitrogens with one attached hydrogen (secondary N) is 3. The van der Waals surface area contributed by atoms with Gasteiger partial charge in [-0.25, -0.2) is 0 Å². The molecule has 0 unspecified atom stereocenters. The van der Waals surface area contributed by atoms with Crippen LogP contribution >= 0.6 is 12.2 Å². The average Bonchev–Trinajstić information content (AvgIpc) is 3.31. The number of aromatic amines is 1. The number of carbonyl (C=O) groups is 2. The van der Waals surface area contributed by atoms with Crippen LogP contribution in [0.2, 0.25) is 0 Å². The first-order chi connectivity index (χ1) is 16.0. The second-order valence-corrected chi connectivity index (χ2v) is 7.44. The van der Waals surface area contributed by atoms with Gasteiger partial charge in [-0.1, -0.05) is 30.3 Å². The van der Waals surface area contributed by atoms with Gasteiger partial charge >= 0.3 is 5.91 Å². The number of hydrogen-bond donors (Lipinski definition) is 3. The Bertz CT molecular complexity index is 1410. The Hall–Kier alpha value is -4.18. The van der Waals surface area contributed by atoms with Crippen molar-refractivity contribution in [2.24, 2.45) is 0 Å². The third-order valence-electron chi connectivity index (χ3n) is 4.78. The van der Waals surface area contributed by atoms with Crippen LogP contribution in [0.25, 0.3) is 10.9 Å². The van der Waals surface area contributed by atoms with E-state index in [9.17, 15) is 14.4 Å². The Kier molecular flexibility index (Phi) is 6.65. The van der Waals surface area contributed by atoms with Crippen molar-refractivity contribution in [3.63, 3.8) is 0 Å². The smallest absolute Gasteiger partial charge is 0.305 e. The Labute approximate surface area is 193 Å². The molecule has 0 bridgehead atoms. The fourth-order valence-corrected chi connectivity index (χ4v) is 3.40. The molecule has 0 aliphatic rings. The molecule has 168 valence electrons. The van der Waals surface area contributed by atoms with Crippen molar-refractivity contribution in [3.8, 4) is 5.75 Å². The molecule has 4 rings (SSSR count). The molecule has 2 heterocycles. The van der Waals surface area contributed by atoms with Crippen LogP contribution in [0.15, 0.2) is 75.9 Å². The quantitative estimate of drug-likeness (QED) is 0.286. The fourth-order valence-electron chi connectivity index (χ4n) is 3.11. The number of para-hydroxylation sites is 2. The summed E-state index contributed by atoms with van der Waals surface area (Å²) < 4.78 is 12.5. The summed E-state index contributed by atoms with van der Waals surface area (Å²) in [7, 11) is 0. The number of hydrogen-bond acceptors (Lipinski definition) is 6. The van der Waals surface area contributed by atoms with Gasteiger partial charge in [0, 0.05) is 13.0 Å². The van der Waals surface area contributed by atoms with Crippen LogP contribution in [0.4, 0.5) is 0 Å². The zero-order valence-electron chi connectivity index (χ0n) is 17.4. The van der Waals surface area contributed by atoms with Crippen molar-refractivity contribution < 1.29 is 18.7 Å². The highest BCUT2D eigenvalue weighted by Crippen LogP contribution is 2.14. The summed E-state index contributed by atoms with van der Waals surface area (Å²) in [4.78, 5) is 40.0. The predicted molar refractivity (Wildman–Crippen MR) is 123 cm³/mol. The van der Waals surface area contributed by atoms with Crippen molar-refractivity contribution in [1.29, 1.82) is 0 Å². The number of rotatable bonds is 7. The molecule has 9 nitrogen and oxygen atoms in total. The van der Waals surface area contributed by atoms with Crippen molar-refractivity contribution in [1.82, 2.24) is 20.4 Å². The number of H-pyrrole nitrogens is 1. The van der Waals surface area contributed by atoms with Crippen molar-refractivity contribution >= 4 is 34.9 Å². The number of ether oxygens (including phenoxy) is 1. The van der Waals surface area contributed by atoms with E-state index in [1.54, 1.807) is 30.3 Å². The molecule has 0 radical (unpaired) electrons. The standard InChI is InChI=1S/C23H20N4O5S/c28-20(12-13-27-22(30)17-8-4-5-9-18(17)24-23(27)33)25-26-21(29)19-11-10-16(32-19)14-31-15-6-2-1-3-7-15/h1-11H,12-14H2,(H,24,33)(H,25,28)(H,26,29). The lowest BCUT2D eigenvalue weighted by Crippen LogP contribution is -2.42. The molecule has 0 saturated heterocycles. The second-order valence-electron chi connectivity index (χ2n) is 7.05. The van der Waals surface area contributed by atoms with E-state index >= 15 is 0 Å². The van der Waals surface area contributed by atoms with Crippen LogP contribution in [0, 0.1) is 4.77 Å². The molecule has 4 aromatic rings. The molecule has 0 saturated carbocycles. The summed E-state index contributed by atoms with van der Waals surface area (Å²) in [5, 5.41) is 0.477. The minimum absolute atomic E-state index is 0.0233. The number of fused-ring (bicyclic) bond motifs is 1. The summed E-state index contributed by atoms with van der Waals surface area (Å²) in [5.41, 5.74) is 4.94. The molecule has 2 aromatic heterocycles. The van der Waals surface area contributed by atoms with E-state index in [4.69, 9.17) is 21.4 Å². The molecule has 0 aliphatic heterocycles. The number of benzene rings is 2. The highest BCUT2D eigenvalue weighted by atomic mass is 32.1. The van der Waals surface area contributed by atoms with Crippen molar-refractivity contribution in [3.05, 3.63) is 93.4 Å². The van der Waals surface area contributed by atoms with E-state index in [1.165, 1.54) is 10.6 Å². The van der Waals surface area contributed by atoms with E-state index in [1.807, 2.05) is 30.3 Å². The number of nitrogens with zero attached hydrogens (tertiary/aromatic N) is 1. The number of amides is 2. The monoisotopic (exact) mass is 464 g/mol. The van der Waals surface area contributed by atoms with Crippen LogP contribution in [0.5, 0.6) is 5.75 Å². The summed E-state index contributed by atoms with van der Waals surface area (Å²) >= 11 is 5.23. The number of carbonyl (C=O) groups excluding carboxylic acids is 2. The van der Waals surface area contributed by atoms with Gasteiger partial charge in [0.15, 0.2) is 10.5 Å². The maximum Gasteiger partial charge on any atom is 0.305 e. The van der Waals surface area contributed by atoms with Gasteiger partial charge in [0.1, 0.15) is 18.1 Å². The van der Waals surface area contributed by atoms with Crippen LogP contribution in [0.1, 0.15) is 22.7 Å². The van der Waals surface area contributed by atoms with Gasteiger partial charge < -0.3 is 14.1 Å². The van der Waals surface area contributed by atoms with Gasteiger partial charge in [0.2, 0.25) is 5.91 Å². The molecule has 0 aliphatic carbocycles. The SMILES string of the molecule is O=C(CCn1c(=S)[nH]c2ccccc2c1=O)NNC(=O)c1ccc(COc2ccccc2)o1. The van der Waals surface area contributed by atoms with Crippen molar-refractivity contribution in [2.75, 3.05) is 0 Å². The third-order valence-corrected chi connectivity index (χ3v) is 5.10. The first kappa shape index (κ1) is 22.0. The van der Waals surface area contributed by atoms with Gasteiger partial charge in [-0.3, -0.25) is 29.8 Å². The molecular formula is C23H20N4O5S. The lowest BCUT2D eigenvalue weighted by Gasteiger charge is -2.09. The second kappa shape index (κ2) is 9.96. The highest BCUT2D eigenvalue weighted by Gasteiger charge is 2.13. The van der Waals surface area contributed by atoms with E-state index in [-0.39, 0.29) is 35.7 Å². The molecule has 0 atom stereocenters. The Morgan fingerprint density at radius 2 is 1.76 bits per heavy atom. The minimum atomic E-state index is -0.616. The van der Waals surface area contributed by atoms with E-state index < -0.39 is 11.8 Å². The predicted octanol–water partition coefficient (Wildman–Crippen LogP) is 3.08. The Morgan fingerprint density at radius 3 is 2.58 bits per heavy atom. The van der Waals surface area contributed by atoms with Crippen LogP contribution < -0.4 is 21.1 Å². The number of aromatic nitrogens is 2. The Balaban J connectivity index is 1.28. The van der Waals surface area contributed by atoms with Gasteiger partial charge in [0.05, 0.1) is 10.9 Å². The topological polar surface area (TPSA) is 118 Å². The van der Waals surface area contributed by atoms with Crippen LogP contribution in [-0.4, -0.2) is 21.4 Å². The summed E-state index contributed by atoms with van der Waals surface area (Å²) in [6, 6.07) is 19.3. The fraction of sp³-hybridized carbons (Fsp3) is 0.130. The first-order valence-corrected chi connectivity index (χ1v) is 10.5. The van der Waals surface area contributed by atoms with Crippen LogP contribution in [-0.2, 0) is 17.9 Å². The molecule has 2 aromatic carbocycles. The summed E-state index contributed by atoms with van der Waals surface area (Å²) in [6.45, 7) is 0.215. The zero-order chi connectivity index (χ0) is 23.2. The molecule has 3 N–H and O–H groups in total. The molecule has 0 spiro atoms. The van der Waals surface area contributed by atoms with Gasteiger partial charge in [-0.05, 0) is 48.6 Å². The first-order valence-electron chi connectivity index (χ1n) is 10.1. The maximum atomic E-state index is 12.6. The van der Waals surface area contributed by atoms with E-state index in [0.717, 1.165) is 0 Å². The van der Waals surface area contributed by atoms with Crippen molar-refractivity contribution in [2.45, 2.75) is 19.6 Å². The third kappa shape index (κ3) is 5.36. The lowest BCUT2D eigenvalue weighted by molar-refractivity contribution is -0.122. The molecule has 10 heteroatoms. The minimum Gasteiger partial charge on any atom is -0.486 e. The largest absolute Gasteiger partial charge is 0.486 e. The average molecular weight is 465 g/mol. The van der Waals surface area contributed by atoms with E-state index in [0.29, 0.717) is 22.4 Å². The molecule has 0 fully saturated rings. The molecular weight excluding hydrogens is 444 g/mol. The summed E-state index contributed by atoms with van der Waals surface area (Å²) in [6.07, 6.45) is -0.0652. The zero-order valence-corrected chi connectivity index (χ0v) is 18.2. The Morgan fingerprint density at radius 1 is 1.00 bits per heavy atom. The number of hydrazine groups is 1. The van der Waals surface area contributed by atoms with Gasteiger partial charge in [-0.2, -0.15) is 0 Å². The van der Waals surface area contributed by atoms with Crippen LogP contribution in [0.3, 0.4) is 0 Å². The molecule has 2 amide bonds. The molecule has 33 heavy (non-hydrogen) atoms. The normalized spacial score (nSPS) is 10.7. The highest BCUT2D eigenvalue weighted by molar-refractivity contribution is 7.71. The lowest BCUT2D eigenvalue weighted by atomic mass is 10.2. The maximum absolute atomic E-state index is 12.6.